The predicted molar refractivity (Wildman–Crippen MR) is 52.1 cm³/mol. The van der Waals surface area contributed by atoms with Crippen LogP contribution in [0.15, 0.2) is 36.4 Å². The van der Waals surface area contributed by atoms with Crippen LogP contribution in [0.5, 0.6) is 0 Å². The zero-order valence-electron chi connectivity index (χ0n) is 9.29. The summed E-state index contributed by atoms with van der Waals surface area (Å²) in [5, 5.41) is 13.0. The van der Waals surface area contributed by atoms with Crippen molar-refractivity contribution in [1.82, 2.24) is 0 Å². The van der Waals surface area contributed by atoms with Gasteiger partial charge >= 0.3 is 37.7 Å². The fourth-order valence-corrected chi connectivity index (χ4v) is 1.47. The fraction of sp³-hybridized carbons (Fsp3) is 0.0833. The minimum Gasteiger partial charge on any atom is -0.860 e. The van der Waals surface area contributed by atoms with Crippen LogP contribution in [0.4, 0.5) is 0 Å². The van der Waals surface area contributed by atoms with E-state index in [1.54, 1.807) is 0 Å². The van der Waals surface area contributed by atoms with Gasteiger partial charge in [-0.25, -0.2) is 0 Å². The van der Waals surface area contributed by atoms with Crippen LogP contribution in [-0.4, -0.2) is 0 Å². The molecular formula is C12H10Li2O. The van der Waals surface area contributed by atoms with E-state index >= 15 is 0 Å². The maximum Gasteiger partial charge on any atom is 1.00 e. The molecule has 0 amide bonds. The summed E-state index contributed by atoms with van der Waals surface area (Å²) in [4.78, 5) is 0. The molecule has 66 valence electrons. The molecule has 2 aromatic carbocycles. The van der Waals surface area contributed by atoms with Crippen LogP contribution < -0.4 is 42.8 Å². The molecule has 0 spiro atoms. The first-order chi connectivity index (χ1) is 6.31. The molecule has 0 heterocycles. The first-order valence-electron chi connectivity index (χ1n) is 4.23. The van der Waals surface area contributed by atoms with Gasteiger partial charge in [-0.15, -0.1) is 6.07 Å². The summed E-state index contributed by atoms with van der Waals surface area (Å²) in [7, 11) is 0. The molecule has 0 radical (unpaired) electrons. The second-order valence-electron chi connectivity index (χ2n) is 3.11. The van der Waals surface area contributed by atoms with Crippen LogP contribution >= 0.6 is 0 Å². The molecule has 0 aliphatic heterocycles. The van der Waals surface area contributed by atoms with E-state index in [1.165, 1.54) is 0 Å². The molecule has 2 aromatic rings. The van der Waals surface area contributed by atoms with Gasteiger partial charge in [-0.2, -0.15) is 30.7 Å². The van der Waals surface area contributed by atoms with Crippen LogP contribution in [0, 0.1) is 6.92 Å². The smallest absolute Gasteiger partial charge is 0.860 e. The third-order valence-electron chi connectivity index (χ3n) is 2.22. The van der Waals surface area contributed by atoms with Gasteiger partial charge in [0.2, 0.25) is 0 Å². The summed E-state index contributed by atoms with van der Waals surface area (Å²) in [5.41, 5.74) is 1.63. The molecule has 15 heavy (non-hydrogen) atoms. The van der Waals surface area contributed by atoms with E-state index in [0.717, 1.165) is 21.9 Å². The second kappa shape index (κ2) is 6.34. The molecule has 0 saturated heterocycles. The van der Waals surface area contributed by atoms with Crippen LogP contribution in [0.1, 0.15) is 11.1 Å². The third kappa shape index (κ3) is 3.09. The zero-order chi connectivity index (χ0) is 9.26. The van der Waals surface area contributed by atoms with E-state index in [1.807, 2.05) is 36.4 Å². The van der Waals surface area contributed by atoms with E-state index in [4.69, 9.17) is 0 Å². The molecule has 0 N–H and O–H groups in total. The van der Waals surface area contributed by atoms with Gasteiger partial charge in [0.1, 0.15) is 0 Å². The van der Waals surface area contributed by atoms with Crippen LogP contribution in [0.2, 0.25) is 0 Å². The first-order valence-corrected chi connectivity index (χ1v) is 4.23. The Kier molecular flexibility index (Phi) is 6.22. The summed E-state index contributed by atoms with van der Waals surface area (Å²) in [6, 6.07) is 11.9. The number of benzene rings is 2. The Labute approximate surface area is 114 Å². The maximum absolute atomic E-state index is 10.8. The van der Waals surface area contributed by atoms with Crippen molar-refractivity contribution < 1.29 is 42.8 Å². The maximum atomic E-state index is 10.8. The van der Waals surface area contributed by atoms with E-state index in [2.05, 4.69) is 6.92 Å². The Morgan fingerprint density at radius 1 is 1.00 bits per heavy atom. The summed E-state index contributed by atoms with van der Waals surface area (Å²) in [6.07, 6.45) is 0. The Morgan fingerprint density at radius 3 is 2.07 bits per heavy atom. The van der Waals surface area contributed by atoms with Crippen molar-refractivity contribution in [3.05, 3.63) is 54.4 Å². The molecule has 0 aliphatic carbocycles. The molecule has 0 aromatic heterocycles. The van der Waals surface area contributed by atoms with Crippen molar-refractivity contribution in [2.24, 2.45) is 0 Å². The van der Waals surface area contributed by atoms with E-state index in [-0.39, 0.29) is 44.3 Å². The van der Waals surface area contributed by atoms with Gasteiger partial charge in [-0.05, 0) is 5.39 Å². The van der Waals surface area contributed by atoms with Crippen molar-refractivity contribution in [3.63, 3.8) is 0 Å². The van der Waals surface area contributed by atoms with Crippen molar-refractivity contribution in [2.75, 3.05) is 0 Å². The molecule has 1 nitrogen and oxygen atoms in total. The Bertz CT molecular complexity index is 441. The van der Waals surface area contributed by atoms with Crippen molar-refractivity contribution in [3.8, 4) is 0 Å². The number of rotatable bonds is 1. The molecular weight excluding hydrogens is 174 g/mol. The molecule has 0 fully saturated rings. The quantitative estimate of drug-likeness (QED) is 0.326. The van der Waals surface area contributed by atoms with E-state index in [9.17, 15) is 5.11 Å². The monoisotopic (exact) mass is 184 g/mol. The molecule has 0 bridgehead atoms. The molecule has 2 rings (SSSR count). The predicted octanol–water partition coefficient (Wildman–Crippen LogP) is -4.11. The SMILES string of the molecule is [CH2-]c1cc2ccccc2cc1C[O-].[Li+].[Li+]. The Morgan fingerprint density at radius 2 is 1.53 bits per heavy atom. The summed E-state index contributed by atoms with van der Waals surface area (Å²) in [5.74, 6) is 0. The fourth-order valence-electron chi connectivity index (χ4n) is 1.47. The van der Waals surface area contributed by atoms with Gasteiger partial charge in [0, 0.05) is 0 Å². The molecule has 0 aliphatic rings. The third-order valence-corrected chi connectivity index (χ3v) is 2.22. The first kappa shape index (κ1) is 14.7. The van der Waals surface area contributed by atoms with Gasteiger partial charge in [-0.1, -0.05) is 29.7 Å². The normalized spacial score (nSPS) is 9.13. The Hall–Kier alpha value is -0.275. The minimum atomic E-state index is -0.191. The summed E-state index contributed by atoms with van der Waals surface area (Å²) in [6.45, 7) is 3.65. The molecule has 3 heteroatoms. The standard InChI is InChI=1S/C12H10O.2Li/c1-9-6-10-4-2-3-5-11(10)7-12(9)8-13;;/h2-7H,1,8H2;;/q-2;2*+1. The molecule has 0 atom stereocenters. The van der Waals surface area contributed by atoms with E-state index < -0.39 is 0 Å². The van der Waals surface area contributed by atoms with Crippen LogP contribution in [0.25, 0.3) is 10.8 Å². The Balaban J connectivity index is 0.000000980. The van der Waals surface area contributed by atoms with Crippen molar-refractivity contribution in [2.45, 2.75) is 6.61 Å². The average molecular weight is 184 g/mol. The van der Waals surface area contributed by atoms with Gasteiger partial charge < -0.3 is 5.11 Å². The average Bonchev–Trinajstić information content (AvgIpc) is 2.17. The van der Waals surface area contributed by atoms with Gasteiger partial charge in [0.05, 0.1) is 0 Å². The largest absolute Gasteiger partial charge is 1.00 e. The van der Waals surface area contributed by atoms with Crippen LogP contribution in [0.3, 0.4) is 0 Å². The van der Waals surface area contributed by atoms with Crippen LogP contribution in [-0.2, 0) is 6.61 Å². The van der Waals surface area contributed by atoms with E-state index in [0.29, 0.717) is 0 Å². The summed E-state index contributed by atoms with van der Waals surface area (Å²) < 4.78 is 0. The van der Waals surface area contributed by atoms with Gasteiger partial charge in [0.25, 0.3) is 0 Å². The number of hydrogen-bond donors (Lipinski definition) is 0. The van der Waals surface area contributed by atoms with Gasteiger partial charge in [0.15, 0.2) is 0 Å². The van der Waals surface area contributed by atoms with Gasteiger partial charge in [-0.3, -0.25) is 0 Å². The second-order valence-corrected chi connectivity index (χ2v) is 3.11. The van der Waals surface area contributed by atoms with Crippen molar-refractivity contribution in [1.29, 1.82) is 0 Å². The zero-order valence-corrected chi connectivity index (χ0v) is 9.29. The topological polar surface area (TPSA) is 23.1 Å². The number of hydrogen-bond acceptors (Lipinski definition) is 1. The number of fused-ring (bicyclic) bond motifs is 1. The molecule has 0 unspecified atom stereocenters. The van der Waals surface area contributed by atoms with Crippen molar-refractivity contribution >= 4 is 10.8 Å². The minimum absolute atomic E-state index is 0. The summed E-state index contributed by atoms with van der Waals surface area (Å²) >= 11 is 0. The molecule has 0 saturated carbocycles.